The van der Waals surface area contributed by atoms with Crippen molar-refractivity contribution in [2.45, 2.75) is 5.88 Å². The third kappa shape index (κ3) is 1.23. The van der Waals surface area contributed by atoms with Crippen LogP contribution in [0.2, 0.25) is 0 Å². The number of aromatic amines is 1. The lowest BCUT2D eigenvalue weighted by atomic mass is 10.2. The predicted octanol–water partition coefficient (Wildman–Crippen LogP) is 2.41. The number of furan rings is 1. The topological polar surface area (TPSA) is 41.8 Å². The van der Waals surface area contributed by atoms with E-state index in [1.165, 1.54) is 0 Å². The zero-order chi connectivity index (χ0) is 8.39. The van der Waals surface area contributed by atoms with Crippen LogP contribution in [0.15, 0.2) is 29.1 Å². The van der Waals surface area contributed by atoms with E-state index in [2.05, 4.69) is 10.2 Å². The Morgan fingerprint density at radius 2 is 2.50 bits per heavy atom. The van der Waals surface area contributed by atoms with E-state index in [0.29, 0.717) is 5.88 Å². The second-order valence-electron chi connectivity index (χ2n) is 2.42. The molecule has 12 heavy (non-hydrogen) atoms. The fourth-order valence-corrected chi connectivity index (χ4v) is 1.13. The van der Waals surface area contributed by atoms with Gasteiger partial charge in [-0.3, -0.25) is 5.10 Å². The lowest BCUT2D eigenvalue weighted by molar-refractivity contribution is 0.568. The number of nitrogens with zero attached hydrogens (tertiary/aromatic N) is 1. The summed E-state index contributed by atoms with van der Waals surface area (Å²) in [5.41, 5.74) is 2.73. The summed E-state index contributed by atoms with van der Waals surface area (Å²) in [5.74, 6) is 0.449. The second kappa shape index (κ2) is 3.03. The molecule has 0 saturated heterocycles. The lowest BCUT2D eigenvalue weighted by Crippen LogP contribution is -1.74. The molecule has 2 heterocycles. The van der Waals surface area contributed by atoms with E-state index in [1.54, 1.807) is 12.5 Å². The molecule has 0 bridgehead atoms. The van der Waals surface area contributed by atoms with Crippen molar-refractivity contribution in [2.75, 3.05) is 0 Å². The molecular weight excluding hydrogens is 176 g/mol. The first-order valence-corrected chi connectivity index (χ1v) is 4.06. The molecule has 0 saturated carbocycles. The van der Waals surface area contributed by atoms with Gasteiger partial charge in [-0.05, 0) is 12.1 Å². The van der Waals surface area contributed by atoms with Crippen molar-refractivity contribution >= 4 is 11.6 Å². The predicted molar refractivity (Wildman–Crippen MR) is 45.8 cm³/mol. The van der Waals surface area contributed by atoms with Crippen LogP contribution < -0.4 is 0 Å². The smallest absolute Gasteiger partial charge is 0.0997 e. The van der Waals surface area contributed by atoms with Crippen LogP contribution in [0, 0.1) is 0 Å². The average molecular weight is 183 g/mol. The van der Waals surface area contributed by atoms with Gasteiger partial charge in [0.25, 0.3) is 0 Å². The molecule has 62 valence electrons. The van der Waals surface area contributed by atoms with Gasteiger partial charge >= 0.3 is 0 Å². The molecule has 4 heteroatoms. The summed E-state index contributed by atoms with van der Waals surface area (Å²) in [6.07, 6.45) is 3.26. The van der Waals surface area contributed by atoms with Crippen LogP contribution in [0.4, 0.5) is 0 Å². The van der Waals surface area contributed by atoms with Crippen molar-refractivity contribution in [3.8, 4) is 11.3 Å². The van der Waals surface area contributed by atoms with E-state index in [0.717, 1.165) is 17.0 Å². The Morgan fingerprint density at radius 3 is 3.08 bits per heavy atom. The zero-order valence-corrected chi connectivity index (χ0v) is 7.01. The van der Waals surface area contributed by atoms with Crippen LogP contribution in [-0.4, -0.2) is 10.2 Å². The number of rotatable bonds is 2. The minimum atomic E-state index is 0.449. The summed E-state index contributed by atoms with van der Waals surface area (Å²) < 4.78 is 4.92. The summed E-state index contributed by atoms with van der Waals surface area (Å²) in [6, 6.07) is 3.76. The Morgan fingerprint density at radius 1 is 1.58 bits per heavy atom. The summed E-state index contributed by atoms with van der Waals surface area (Å²) in [5, 5.41) is 6.88. The van der Waals surface area contributed by atoms with Crippen molar-refractivity contribution < 1.29 is 4.42 Å². The highest BCUT2D eigenvalue weighted by molar-refractivity contribution is 6.16. The van der Waals surface area contributed by atoms with Gasteiger partial charge in [0.15, 0.2) is 0 Å². The summed E-state index contributed by atoms with van der Waals surface area (Å²) >= 11 is 5.61. The van der Waals surface area contributed by atoms with Gasteiger partial charge in [0.05, 0.1) is 29.8 Å². The van der Waals surface area contributed by atoms with E-state index < -0.39 is 0 Å². The lowest BCUT2D eigenvalue weighted by Gasteiger charge is -1.83. The number of aromatic nitrogens is 2. The molecule has 0 radical (unpaired) electrons. The van der Waals surface area contributed by atoms with E-state index in [4.69, 9.17) is 16.0 Å². The average Bonchev–Trinajstić information content (AvgIpc) is 2.75. The highest BCUT2D eigenvalue weighted by atomic mass is 35.5. The molecule has 0 aromatic carbocycles. The number of halogens is 1. The van der Waals surface area contributed by atoms with E-state index in [1.807, 2.05) is 12.1 Å². The van der Waals surface area contributed by atoms with E-state index in [9.17, 15) is 0 Å². The van der Waals surface area contributed by atoms with E-state index >= 15 is 0 Å². The Kier molecular flexibility index (Phi) is 1.87. The van der Waals surface area contributed by atoms with Gasteiger partial charge in [-0.2, -0.15) is 5.10 Å². The molecule has 1 N–H and O–H groups in total. The van der Waals surface area contributed by atoms with Crippen molar-refractivity contribution in [3.05, 3.63) is 30.4 Å². The molecule has 0 spiro atoms. The first-order chi connectivity index (χ1) is 5.90. The third-order valence-corrected chi connectivity index (χ3v) is 1.88. The minimum absolute atomic E-state index is 0.449. The third-order valence-electron chi connectivity index (χ3n) is 1.59. The largest absolute Gasteiger partial charge is 0.472 e. The number of hydrogen-bond donors (Lipinski definition) is 1. The Bertz CT molecular complexity index is 353. The molecular formula is C8H7ClN2O. The molecule has 0 aliphatic rings. The SMILES string of the molecule is ClCc1cc(-c2ccoc2)n[nH]1. The molecule has 3 nitrogen and oxygen atoms in total. The van der Waals surface area contributed by atoms with Gasteiger partial charge in [-0.1, -0.05) is 0 Å². The Balaban J connectivity index is 2.35. The van der Waals surface area contributed by atoms with Gasteiger partial charge in [-0.25, -0.2) is 0 Å². The number of nitrogens with one attached hydrogen (secondary N) is 1. The van der Waals surface area contributed by atoms with Crippen LogP contribution >= 0.6 is 11.6 Å². The maximum atomic E-state index is 5.61. The van der Waals surface area contributed by atoms with Gasteiger partial charge in [0, 0.05) is 5.56 Å². The molecule has 2 aromatic rings. The van der Waals surface area contributed by atoms with Crippen LogP contribution in [0.3, 0.4) is 0 Å². The fraction of sp³-hybridized carbons (Fsp3) is 0.125. The van der Waals surface area contributed by atoms with E-state index in [-0.39, 0.29) is 0 Å². The zero-order valence-electron chi connectivity index (χ0n) is 6.25. The summed E-state index contributed by atoms with van der Waals surface area (Å²) in [4.78, 5) is 0. The molecule has 0 aliphatic carbocycles. The summed E-state index contributed by atoms with van der Waals surface area (Å²) in [6.45, 7) is 0. The van der Waals surface area contributed by atoms with Gasteiger partial charge in [-0.15, -0.1) is 11.6 Å². The fourth-order valence-electron chi connectivity index (χ4n) is 0.988. The maximum Gasteiger partial charge on any atom is 0.0997 e. The molecule has 0 amide bonds. The second-order valence-corrected chi connectivity index (χ2v) is 2.69. The highest BCUT2D eigenvalue weighted by Crippen LogP contribution is 2.18. The monoisotopic (exact) mass is 182 g/mol. The normalized spacial score (nSPS) is 10.4. The Hall–Kier alpha value is -1.22. The molecule has 0 unspecified atom stereocenters. The van der Waals surface area contributed by atoms with Crippen LogP contribution in [0.25, 0.3) is 11.3 Å². The summed E-state index contributed by atoms with van der Waals surface area (Å²) in [7, 11) is 0. The van der Waals surface area contributed by atoms with Crippen molar-refractivity contribution in [1.82, 2.24) is 10.2 Å². The van der Waals surface area contributed by atoms with Crippen molar-refractivity contribution in [1.29, 1.82) is 0 Å². The van der Waals surface area contributed by atoms with Crippen molar-refractivity contribution in [3.63, 3.8) is 0 Å². The standard InChI is InChI=1S/C8H7ClN2O/c9-4-7-3-8(11-10-7)6-1-2-12-5-6/h1-3,5H,4H2,(H,10,11). The highest BCUT2D eigenvalue weighted by Gasteiger charge is 2.03. The van der Waals surface area contributed by atoms with Gasteiger partial charge in [0.1, 0.15) is 0 Å². The first-order valence-electron chi connectivity index (χ1n) is 3.53. The number of alkyl halides is 1. The van der Waals surface area contributed by atoms with Gasteiger partial charge in [0.2, 0.25) is 0 Å². The first kappa shape index (κ1) is 7.43. The molecule has 0 aliphatic heterocycles. The molecule has 0 atom stereocenters. The molecule has 2 rings (SSSR count). The Labute approximate surface area is 74.3 Å². The van der Waals surface area contributed by atoms with Crippen LogP contribution in [-0.2, 0) is 5.88 Å². The van der Waals surface area contributed by atoms with Crippen LogP contribution in [0.5, 0.6) is 0 Å². The van der Waals surface area contributed by atoms with Crippen molar-refractivity contribution in [2.24, 2.45) is 0 Å². The van der Waals surface area contributed by atoms with Gasteiger partial charge < -0.3 is 4.42 Å². The maximum absolute atomic E-state index is 5.61. The minimum Gasteiger partial charge on any atom is -0.472 e. The number of hydrogen-bond acceptors (Lipinski definition) is 2. The number of H-pyrrole nitrogens is 1. The quantitative estimate of drug-likeness (QED) is 0.725. The molecule has 2 aromatic heterocycles. The van der Waals surface area contributed by atoms with Crippen LogP contribution in [0.1, 0.15) is 5.69 Å². The molecule has 0 fully saturated rings.